The lowest BCUT2D eigenvalue weighted by Gasteiger charge is -2.30. The van der Waals surface area contributed by atoms with Gasteiger partial charge in [-0.05, 0) is 62.6 Å². The van der Waals surface area contributed by atoms with E-state index in [1.54, 1.807) is 0 Å². The van der Waals surface area contributed by atoms with Gasteiger partial charge in [0.1, 0.15) is 0 Å². The number of carboxylic acids is 1. The second-order valence-corrected chi connectivity index (χ2v) is 7.16. The van der Waals surface area contributed by atoms with Crippen molar-refractivity contribution < 1.29 is 14.7 Å². The van der Waals surface area contributed by atoms with Crippen LogP contribution in [-0.4, -0.2) is 11.9 Å². The molecule has 0 aliphatic heterocycles. The Labute approximate surface area is 143 Å². The number of rotatable bonds is 4. The number of nitrogens with one attached hydrogen (secondary N) is 1. The van der Waals surface area contributed by atoms with E-state index in [-0.39, 0.29) is 17.7 Å². The molecule has 1 aromatic rings. The van der Waals surface area contributed by atoms with E-state index in [0.717, 1.165) is 30.5 Å². The Kier molecular flexibility index (Phi) is 4.48. The molecule has 0 unspecified atom stereocenters. The predicted octanol–water partition coefficient (Wildman–Crippen LogP) is 2.55. The summed E-state index contributed by atoms with van der Waals surface area (Å²) in [6.07, 6.45) is 2.68. The maximum atomic E-state index is 12.8. The largest absolute Gasteiger partial charge is 0.550 e. The van der Waals surface area contributed by atoms with E-state index in [1.807, 2.05) is 38.1 Å². The maximum absolute atomic E-state index is 12.8. The zero-order chi connectivity index (χ0) is 17.4. The Balaban J connectivity index is 1.85. The minimum atomic E-state index is -1.09. The van der Waals surface area contributed by atoms with Crippen LogP contribution in [0.15, 0.2) is 35.4 Å². The van der Waals surface area contributed by atoms with Crippen molar-refractivity contribution in [2.24, 2.45) is 23.7 Å². The number of hydrogen-bond donors (Lipinski definition) is 1. The van der Waals surface area contributed by atoms with Gasteiger partial charge < -0.3 is 15.2 Å². The fourth-order valence-corrected chi connectivity index (χ4v) is 4.64. The predicted molar refractivity (Wildman–Crippen MR) is 91.0 cm³/mol. The first kappa shape index (κ1) is 16.7. The fraction of sp³-hybridized carbons (Fsp3) is 0.500. The van der Waals surface area contributed by atoms with Crippen LogP contribution in [0.25, 0.3) is 0 Å². The molecule has 4 heteroatoms. The van der Waals surface area contributed by atoms with E-state index < -0.39 is 17.8 Å². The molecule has 1 amide bonds. The first-order valence-corrected chi connectivity index (χ1v) is 8.72. The molecule has 0 saturated heterocycles. The van der Waals surface area contributed by atoms with E-state index >= 15 is 0 Å². The van der Waals surface area contributed by atoms with Crippen LogP contribution < -0.4 is 10.4 Å². The van der Waals surface area contributed by atoms with Crippen LogP contribution in [0.5, 0.6) is 0 Å². The molecule has 128 valence electrons. The number of hydrogen-bond acceptors (Lipinski definition) is 3. The third-order valence-electron chi connectivity index (χ3n) is 5.62. The standard InChI is InChI=1S/C20H25NO3/c1-4-12-5-7-13(8-6-12)21-19(22)17-14-9-10-15(16(14)11(2)3)18(17)20(23)24/h5-8,14-15,17-18H,4,9-10H2,1-3H3,(H,21,22)(H,23,24)/p-1/t14-,15-,17-,18+/m1/s1. The third kappa shape index (κ3) is 2.74. The highest BCUT2D eigenvalue weighted by Gasteiger charge is 2.54. The number of fused-ring (bicyclic) bond motifs is 2. The molecule has 1 aromatic carbocycles. The lowest BCUT2D eigenvalue weighted by Crippen LogP contribution is -2.43. The quantitative estimate of drug-likeness (QED) is 0.865. The second-order valence-electron chi connectivity index (χ2n) is 7.16. The van der Waals surface area contributed by atoms with Crippen molar-refractivity contribution in [1.29, 1.82) is 0 Å². The van der Waals surface area contributed by atoms with E-state index in [2.05, 4.69) is 12.2 Å². The van der Waals surface area contributed by atoms with Crippen LogP contribution >= 0.6 is 0 Å². The zero-order valence-electron chi connectivity index (χ0n) is 14.5. The summed E-state index contributed by atoms with van der Waals surface area (Å²) in [5.74, 6) is -2.52. The number of carboxylic acid groups (broad SMARTS) is 1. The van der Waals surface area contributed by atoms with Crippen molar-refractivity contribution in [3.05, 3.63) is 41.0 Å². The number of benzene rings is 1. The smallest absolute Gasteiger partial charge is 0.228 e. The molecule has 2 bridgehead atoms. The van der Waals surface area contributed by atoms with Gasteiger partial charge in [-0.1, -0.05) is 30.2 Å². The number of carbonyl (C=O) groups is 2. The molecular weight excluding hydrogens is 302 g/mol. The molecule has 0 aromatic heterocycles. The Morgan fingerprint density at radius 3 is 2.17 bits per heavy atom. The summed E-state index contributed by atoms with van der Waals surface area (Å²) in [4.78, 5) is 24.5. The van der Waals surface area contributed by atoms with Crippen molar-refractivity contribution >= 4 is 17.6 Å². The molecule has 2 saturated carbocycles. The molecule has 2 aliphatic carbocycles. The SMILES string of the molecule is CCc1ccc(NC(=O)[C@H]2[C@@H](C(=O)[O-])[C@@H]3CC[C@@H]2C3=C(C)C)cc1. The summed E-state index contributed by atoms with van der Waals surface area (Å²) in [6.45, 7) is 6.10. The zero-order valence-corrected chi connectivity index (χ0v) is 14.5. The Hall–Kier alpha value is -2.10. The molecule has 1 N–H and O–H groups in total. The highest BCUT2D eigenvalue weighted by molar-refractivity contribution is 5.96. The van der Waals surface area contributed by atoms with Gasteiger partial charge in [0.05, 0.1) is 5.92 Å². The molecule has 0 heterocycles. The summed E-state index contributed by atoms with van der Waals surface area (Å²) in [6, 6.07) is 7.71. The van der Waals surface area contributed by atoms with Crippen LogP contribution in [0, 0.1) is 23.7 Å². The van der Waals surface area contributed by atoms with Crippen molar-refractivity contribution in [3.63, 3.8) is 0 Å². The first-order valence-electron chi connectivity index (χ1n) is 8.72. The highest BCUT2D eigenvalue weighted by Crippen LogP contribution is 2.57. The summed E-state index contributed by atoms with van der Waals surface area (Å²) >= 11 is 0. The Morgan fingerprint density at radius 2 is 1.67 bits per heavy atom. The monoisotopic (exact) mass is 326 g/mol. The lowest BCUT2D eigenvalue weighted by atomic mass is 9.78. The third-order valence-corrected chi connectivity index (χ3v) is 5.62. The minimum absolute atomic E-state index is 0.0387. The average molecular weight is 326 g/mol. The van der Waals surface area contributed by atoms with E-state index in [0.29, 0.717) is 0 Å². The molecule has 4 atom stereocenters. The van der Waals surface area contributed by atoms with Crippen molar-refractivity contribution in [2.75, 3.05) is 5.32 Å². The number of aryl methyl sites for hydroxylation is 1. The Morgan fingerprint density at radius 1 is 1.08 bits per heavy atom. The normalized spacial score (nSPS) is 28.0. The number of allylic oxidation sites excluding steroid dienone is 2. The van der Waals surface area contributed by atoms with Gasteiger partial charge in [0.15, 0.2) is 0 Å². The topological polar surface area (TPSA) is 69.2 Å². The molecule has 2 aliphatic rings. The molecule has 3 rings (SSSR count). The molecule has 24 heavy (non-hydrogen) atoms. The average Bonchev–Trinajstić information content (AvgIpc) is 3.11. The van der Waals surface area contributed by atoms with Gasteiger partial charge in [-0.15, -0.1) is 0 Å². The van der Waals surface area contributed by atoms with Gasteiger partial charge in [0.25, 0.3) is 0 Å². The van der Waals surface area contributed by atoms with E-state index in [4.69, 9.17) is 0 Å². The number of amides is 1. The van der Waals surface area contributed by atoms with Crippen molar-refractivity contribution in [3.8, 4) is 0 Å². The lowest BCUT2D eigenvalue weighted by molar-refractivity contribution is -0.314. The van der Waals surface area contributed by atoms with Crippen LogP contribution in [-0.2, 0) is 16.0 Å². The molecule has 0 spiro atoms. The van der Waals surface area contributed by atoms with E-state index in [9.17, 15) is 14.7 Å². The van der Waals surface area contributed by atoms with Crippen molar-refractivity contribution in [1.82, 2.24) is 0 Å². The highest BCUT2D eigenvalue weighted by atomic mass is 16.4. The van der Waals surface area contributed by atoms with Crippen LogP contribution in [0.2, 0.25) is 0 Å². The second kappa shape index (κ2) is 6.42. The van der Waals surface area contributed by atoms with Gasteiger partial charge in [0, 0.05) is 17.6 Å². The van der Waals surface area contributed by atoms with Gasteiger partial charge >= 0.3 is 0 Å². The van der Waals surface area contributed by atoms with Gasteiger partial charge in [-0.3, -0.25) is 4.79 Å². The number of anilines is 1. The summed E-state index contributed by atoms with van der Waals surface area (Å²) < 4.78 is 0. The van der Waals surface area contributed by atoms with Crippen molar-refractivity contribution in [2.45, 2.75) is 40.0 Å². The van der Waals surface area contributed by atoms with Crippen LogP contribution in [0.3, 0.4) is 0 Å². The summed E-state index contributed by atoms with van der Waals surface area (Å²) in [7, 11) is 0. The summed E-state index contributed by atoms with van der Waals surface area (Å²) in [5.41, 5.74) is 4.24. The van der Waals surface area contributed by atoms with Gasteiger partial charge in [0.2, 0.25) is 5.91 Å². The first-order chi connectivity index (χ1) is 11.4. The van der Waals surface area contributed by atoms with E-state index in [1.165, 1.54) is 11.1 Å². The molecule has 0 radical (unpaired) electrons. The fourth-order valence-electron chi connectivity index (χ4n) is 4.64. The molecular formula is C20H24NO3-. The van der Waals surface area contributed by atoms with Gasteiger partial charge in [-0.2, -0.15) is 0 Å². The number of aliphatic carboxylic acids is 1. The molecule has 2 fully saturated rings. The van der Waals surface area contributed by atoms with Crippen LogP contribution in [0.1, 0.15) is 39.2 Å². The Bertz CT molecular complexity index is 685. The molecule has 4 nitrogen and oxygen atoms in total. The number of carbonyl (C=O) groups excluding carboxylic acids is 2. The maximum Gasteiger partial charge on any atom is 0.228 e. The van der Waals surface area contributed by atoms with Crippen LogP contribution in [0.4, 0.5) is 5.69 Å². The minimum Gasteiger partial charge on any atom is -0.550 e. The summed E-state index contributed by atoms with van der Waals surface area (Å²) in [5, 5.41) is 14.6. The van der Waals surface area contributed by atoms with Gasteiger partial charge in [-0.25, -0.2) is 0 Å².